The van der Waals surface area contributed by atoms with Crippen molar-refractivity contribution in [2.24, 2.45) is 5.92 Å². The molecule has 0 bridgehead atoms. The van der Waals surface area contributed by atoms with Gasteiger partial charge in [0, 0.05) is 5.56 Å². The fourth-order valence-electron chi connectivity index (χ4n) is 2.02. The van der Waals surface area contributed by atoms with Crippen LogP contribution in [-0.2, 0) is 0 Å². The van der Waals surface area contributed by atoms with Gasteiger partial charge in [0.2, 0.25) is 0 Å². The maximum Gasteiger partial charge on any atom is 0.125 e. The van der Waals surface area contributed by atoms with E-state index in [-0.39, 0.29) is 6.10 Å². The van der Waals surface area contributed by atoms with Crippen LogP contribution < -0.4 is 4.74 Å². The molecular weight excluding hydrogens is 188 g/mol. The van der Waals surface area contributed by atoms with Crippen LogP contribution in [0.2, 0.25) is 0 Å². The van der Waals surface area contributed by atoms with Crippen LogP contribution in [0.5, 0.6) is 5.75 Å². The molecule has 1 aromatic rings. The molecule has 15 heavy (non-hydrogen) atoms. The lowest BCUT2D eigenvalue weighted by molar-refractivity contribution is 0.0596. The van der Waals surface area contributed by atoms with Gasteiger partial charge in [-0.25, -0.2) is 0 Å². The summed E-state index contributed by atoms with van der Waals surface area (Å²) < 4.78 is 5.52. The molecule has 1 aromatic carbocycles. The van der Waals surface area contributed by atoms with E-state index >= 15 is 0 Å². The van der Waals surface area contributed by atoms with Crippen LogP contribution in [0.3, 0.4) is 0 Å². The Morgan fingerprint density at radius 1 is 1.40 bits per heavy atom. The molecule has 1 aliphatic rings. The lowest BCUT2D eigenvalue weighted by atomic mass is 9.78. The Kier molecular flexibility index (Phi) is 3.27. The number of para-hydroxylation sites is 1. The summed E-state index contributed by atoms with van der Waals surface area (Å²) >= 11 is 0. The van der Waals surface area contributed by atoms with Gasteiger partial charge in [-0.1, -0.05) is 24.6 Å². The highest BCUT2D eigenvalue weighted by Gasteiger charge is 2.28. The Bertz CT molecular complexity index is 318. The van der Waals surface area contributed by atoms with Crippen molar-refractivity contribution in [3.05, 3.63) is 29.8 Å². The van der Waals surface area contributed by atoms with E-state index in [2.05, 4.69) is 0 Å². The zero-order valence-electron chi connectivity index (χ0n) is 9.15. The zero-order chi connectivity index (χ0) is 10.7. The molecule has 2 heteroatoms. The lowest BCUT2D eigenvalue weighted by Crippen LogP contribution is -2.20. The molecule has 0 heterocycles. The van der Waals surface area contributed by atoms with Crippen molar-refractivity contribution >= 4 is 0 Å². The summed E-state index contributed by atoms with van der Waals surface area (Å²) in [5.74, 6) is 1.27. The van der Waals surface area contributed by atoms with Gasteiger partial charge in [-0.2, -0.15) is 0 Å². The van der Waals surface area contributed by atoms with Crippen molar-refractivity contribution in [1.29, 1.82) is 0 Å². The number of aliphatic hydroxyl groups excluding tert-OH is 1. The van der Waals surface area contributed by atoms with E-state index < -0.39 is 0 Å². The highest BCUT2D eigenvalue weighted by molar-refractivity contribution is 5.35. The Morgan fingerprint density at radius 3 is 2.73 bits per heavy atom. The van der Waals surface area contributed by atoms with Crippen molar-refractivity contribution in [2.75, 3.05) is 6.61 Å². The summed E-state index contributed by atoms with van der Waals surface area (Å²) in [5.41, 5.74) is 0.948. The second kappa shape index (κ2) is 4.67. The minimum Gasteiger partial charge on any atom is -0.493 e. The van der Waals surface area contributed by atoms with Crippen molar-refractivity contribution in [1.82, 2.24) is 0 Å². The largest absolute Gasteiger partial charge is 0.493 e. The van der Waals surface area contributed by atoms with Crippen LogP contribution in [0.15, 0.2) is 24.3 Å². The monoisotopic (exact) mass is 206 g/mol. The molecule has 1 fully saturated rings. The maximum atomic E-state index is 10.2. The normalized spacial score (nSPS) is 18.3. The first-order valence-electron chi connectivity index (χ1n) is 5.72. The average molecular weight is 206 g/mol. The first-order valence-corrected chi connectivity index (χ1v) is 5.72. The van der Waals surface area contributed by atoms with Gasteiger partial charge < -0.3 is 9.84 Å². The second-order valence-corrected chi connectivity index (χ2v) is 4.11. The van der Waals surface area contributed by atoms with Gasteiger partial charge in [0.15, 0.2) is 0 Å². The zero-order valence-corrected chi connectivity index (χ0v) is 9.15. The third kappa shape index (κ3) is 2.15. The van der Waals surface area contributed by atoms with Gasteiger partial charge in [-0.3, -0.25) is 0 Å². The molecule has 2 nitrogen and oxygen atoms in total. The molecule has 0 saturated heterocycles. The van der Waals surface area contributed by atoms with E-state index in [0.717, 1.165) is 24.2 Å². The first kappa shape index (κ1) is 10.5. The van der Waals surface area contributed by atoms with Crippen LogP contribution in [-0.4, -0.2) is 11.7 Å². The average Bonchev–Trinajstić information content (AvgIpc) is 2.16. The molecule has 0 aromatic heterocycles. The van der Waals surface area contributed by atoms with Crippen molar-refractivity contribution in [3.63, 3.8) is 0 Å². The van der Waals surface area contributed by atoms with Gasteiger partial charge >= 0.3 is 0 Å². The SMILES string of the molecule is CCOc1ccccc1C(O)C1CCC1. The van der Waals surface area contributed by atoms with E-state index in [4.69, 9.17) is 4.74 Å². The number of aliphatic hydroxyl groups is 1. The summed E-state index contributed by atoms with van der Waals surface area (Å²) in [6.45, 7) is 2.61. The van der Waals surface area contributed by atoms with E-state index in [1.54, 1.807) is 0 Å². The quantitative estimate of drug-likeness (QED) is 0.820. The Labute approximate surface area is 90.9 Å². The van der Waals surface area contributed by atoms with Crippen LogP contribution in [0.25, 0.3) is 0 Å². The molecule has 0 spiro atoms. The highest BCUT2D eigenvalue weighted by atomic mass is 16.5. The molecule has 0 amide bonds. The molecule has 1 atom stereocenters. The Balaban J connectivity index is 2.17. The van der Waals surface area contributed by atoms with E-state index in [1.807, 2.05) is 31.2 Å². The van der Waals surface area contributed by atoms with Gasteiger partial charge in [0.1, 0.15) is 5.75 Å². The molecule has 0 radical (unpaired) electrons. The highest BCUT2D eigenvalue weighted by Crippen LogP contribution is 2.40. The Hall–Kier alpha value is -1.02. The van der Waals surface area contributed by atoms with Crippen LogP contribution in [0, 0.1) is 5.92 Å². The summed E-state index contributed by atoms with van der Waals surface area (Å²) in [4.78, 5) is 0. The molecule has 1 unspecified atom stereocenters. The van der Waals surface area contributed by atoms with E-state index in [0.29, 0.717) is 12.5 Å². The molecule has 2 rings (SSSR count). The predicted molar refractivity (Wildman–Crippen MR) is 59.9 cm³/mol. The topological polar surface area (TPSA) is 29.5 Å². The number of benzene rings is 1. The number of ether oxygens (including phenoxy) is 1. The van der Waals surface area contributed by atoms with Gasteiger partial charge in [-0.05, 0) is 31.7 Å². The first-order chi connectivity index (χ1) is 7.33. The minimum absolute atomic E-state index is 0.346. The summed E-state index contributed by atoms with van der Waals surface area (Å²) in [7, 11) is 0. The van der Waals surface area contributed by atoms with Crippen LogP contribution >= 0.6 is 0 Å². The van der Waals surface area contributed by atoms with Gasteiger partial charge in [-0.15, -0.1) is 0 Å². The molecule has 1 N–H and O–H groups in total. The summed E-state index contributed by atoms with van der Waals surface area (Å²) in [5, 5.41) is 10.2. The molecule has 1 aliphatic carbocycles. The van der Waals surface area contributed by atoms with Crippen molar-refractivity contribution in [3.8, 4) is 5.75 Å². The van der Waals surface area contributed by atoms with Gasteiger partial charge in [0.05, 0.1) is 12.7 Å². The summed E-state index contributed by atoms with van der Waals surface area (Å²) in [6, 6.07) is 7.80. The summed E-state index contributed by atoms with van der Waals surface area (Å²) in [6.07, 6.45) is 3.18. The number of hydrogen-bond acceptors (Lipinski definition) is 2. The third-order valence-corrected chi connectivity index (χ3v) is 3.13. The third-order valence-electron chi connectivity index (χ3n) is 3.13. The smallest absolute Gasteiger partial charge is 0.125 e. The predicted octanol–water partition coefficient (Wildman–Crippen LogP) is 2.92. The van der Waals surface area contributed by atoms with Gasteiger partial charge in [0.25, 0.3) is 0 Å². The number of hydrogen-bond donors (Lipinski definition) is 1. The standard InChI is InChI=1S/C13H18O2/c1-2-15-12-9-4-3-8-11(12)13(14)10-6-5-7-10/h3-4,8-10,13-14H,2,5-7H2,1H3. The fourth-order valence-corrected chi connectivity index (χ4v) is 2.02. The van der Waals surface area contributed by atoms with Crippen molar-refractivity contribution < 1.29 is 9.84 Å². The lowest BCUT2D eigenvalue weighted by Gasteiger charge is -2.31. The van der Waals surface area contributed by atoms with Crippen molar-refractivity contribution in [2.45, 2.75) is 32.3 Å². The molecule has 0 aliphatic heterocycles. The fraction of sp³-hybridized carbons (Fsp3) is 0.538. The molecule has 82 valence electrons. The maximum absolute atomic E-state index is 10.2. The number of rotatable bonds is 4. The molecular formula is C13H18O2. The van der Waals surface area contributed by atoms with Crippen LogP contribution in [0.4, 0.5) is 0 Å². The second-order valence-electron chi connectivity index (χ2n) is 4.11. The molecule has 1 saturated carbocycles. The Morgan fingerprint density at radius 2 is 2.13 bits per heavy atom. The minimum atomic E-state index is -0.346. The van der Waals surface area contributed by atoms with E-state index in [1.165, 1.54) is 6.42 Å². The van der Waals surface area contributed by atoms with E-state index in [9.17, 15) is 5.11 Å². The van der Waals surface area contributed by atoms with Crippen LogP contribution in [0.1, 0.15) is 37.9 Å².